The normalized spacial score (nSPS) is 11.8. The lowest BCUT2D eigenvalue weighted by Crippen LogP contribution is -2.13. The summed E-state index contributed by atoms with van der Waals surface area (Å²) in [5, 5.41) is 7.14. The first-order chi connectivity index (χ1) is 35.8. The van der Waals surface area contributed by atoms with E-state index in [9.17, 15) is 0 Å². The number of rotatable bonds is 12. The standard InChI is InChI=1S/C71H58N2/c1-7-52(54-20-11-9-12-21-54)44-53(8-2)56-32-36-60(37-33-56)72(68-40-30-48(3)42-50(68)5)70-46-66-63-27-16-18-29-65(63)71(47-67(66)62-26-15-17-28-64(62)70)73(69-41-31-49(4)43-51(69)6)61-38-34-57(35-39-61)59-25-19-24-58(45-59)55-22-13-10-14-23-55/h7-47H,2H2,1,3-6H3/b52-7+,53-44+. The van der Waals surface area contributed by atoms with Crippen molar-refractivity contribution in [1.82, 2.24) is 0 Å². The minimum absolute atomic E-state index is 1.07. The van der Waals surface area contributed by atoms with Gasteiger partial charge in [0.1, 0.15) is 0 Å². The molecule has 0 aromatic heterocycles. The highest BCUT2D eigenvalue weighted by Gasteiger charge is 2.24. The van der Waals surface area contributed by atoms with Crippen LogP contribution in [0.3, 0.4) is 0 Å². The van der Waals surface area contributed by atoms with Crippen molar-refractivity contribution < 1.29 is 0 Å². The Morgan fingerprint density at radius 1 is 0.342 bits per heavy atom. The maximum atomic E-state index is 4.26. The molecule has 352 valence electrons. The van der Waals surface area contributed by atoms with Crippen molar-refractivity contribution >= 4 is 77.6 Å². The first-order valence-electron chi connectivity index (χ1n) is 25.3. The number of fused-ring (bicyclic) bond motifs is 5. The van der Waals surface area contributed by atoms with Crippen LogP contribution in [0.15, 0.2) is 255 Å². The Kier molecular flexibility index (Phi) is 12.7. The second-order valence-electron chi connectivity index (χ2n) is 19.2. The molecule has 2 nitrogen and oxygen atoms in total. The van der Waals surface area contributed by atoms with Crippen LogP contribution in [0.5, 0.6) is 0 Å². The largest absolute Gasteiger partial charge is 0.310 e. The van der Waals surface area contributed by atoms with Crippen molar-refractivity contribution in [3.05, 3.63) is 289 Å². The zero-order valence-electron chi connectivity index (χ0n) is 42.3. The van der Waals surface area contributed by atoms with Gasteiger partial charge in [-0.1, -0.05) is 206 Å². The summed E-state index contributed by atoms with van der Waals surface area (Å²) in [7, 11) is 0. The number of allylic oxidation sites excluding steroid dienone is 5. The number of aryl methyl sites for hydroxylation is 4. The van der Waals surface area contributed by atoms with Crippen molar-refractivity contribution in [3.63, 3.8) is 0 Å². The molecule has 73 heavy (non-hydrogen) atoms. The van der Waals surface area contributed by atoms with Crippen molar-refractivity contribution in [2.75, 3.05) is 9.80 Å². The maximum Gasteiger partial charge on any atom is 0.0546 e. The number of nitrogens with zero attached hydrogens (tertiary/aromatic N) is 2. The van der Waals surface area contributed by atoms with Gasteiger partial charge in [-0.3, -0.25) is 0 Å². The monoisotopic (exact) mass is 938 g/mol. The van der Waals surface area contributed by atoms with Crippen molar-refractivity contribution in [2.24, 2.45) is 0 Å². The van der Waals surface area contributed by atoms with Gasteiger partial charge in [0.25, 0.3) is 0 Å². The number of hydrogen-bond donors (Lipinski definition) is 0. The van der Waals surface area contributed by atoms with E-state index in [-0.39, 0.29) is 0 Å². The molecule has 11 aromatic carbocycles. The van der Waals surface area contributed by atoms with E-state index < -0.39 is 0 Å². The lowest BCUT2D eigenvalue weighted by molar-refractivity contribution is 1.25. The fraction of sp³-hybridized carbons (Fsp3) is 0.0704. The van der Waals surface area contributed by atoms with E-state index in [4.69, 9.17) is 0 Å². The van der Waals surface area contributed by atoms with Gasteiger partial charge in [-0.15, -0.1) is 0 Å². The first kappa shape index (κ1) is 46.4. The molecule has 0 radical (unpaired) electrons. The van der Waals surface area contributed by atoms with E-state index in [2.05, 4.69) is 294 Å². The molecule has 11 aromatic rings. The van der Waals surface area contributed by atoms with Crippen LogP contribution in [-0.2, 0) is 0 Å². The van der Waals surface area contributed by atoms with Gasteiger partial charge >= 0.3 is 0 Å². The second-order valence-corrected chi connectivity index (χ2v) is 19.2. The van der Waals surface area contributed by atoms with Crippen LogP contribution in [0.4, 0.5) is 34.1 Å². The molecule has 0 aliphatic heterocycles. The van der Waals surface area contributed by atoms with E-state index in [1.54, 1.807) is 0 Å². The third kappa shape index (κ3) is 9.05. The SMILES string of the molecule is C=C/C(=C\C(=C/C)c1ccccc1)c1ccc(N(c2ccc(C)cc2C)c2cc3c4ccccc4c(N(c4ccc(-c5cccc(-c6ccccc6)c5)cc4)c4ccc(C)cc4C)cc3c3ccccc23)cc1. The molecule has 11 rings (SSSR count). The summed E-state index contributed by atoms with van der Waals surface area (Å²) in [6.07, 6.45) is 6.36. The Bertz CT molecular complexity index is 3900. The van der Waals surface area contributed by atoms with Crippen molar-refractivity contribution in [2.45, 2.75) is 34.6 Å². The predicted molar refractivity (Wildman–Crippen MR) is 316 cm³/mol. The molecular weight excluding hydrogens is 881 g/mol. The molecular formula is C71H58N2. The molecule has 0 N–H and O–H groups in total. The van der Waals surface area contributed by atoms with Gasteiger partial charge in [0.05, 0.1) is 11.4 Å². The molecule has 0 aliphatic carbocycles. The number of hydrogen-bond acceptors (Lipinski definition) is 2. The molecule has 0 aliphatic rings. The molecule has 0 unspecified atom stereocenters. The fourth-order valence-electron chi connectivity index (χ4n) is 10.7. The van der Waals surface area contributed by atoms with E-state index in [1.807, 2.05) is 6.08 Å². The molecule has 0 atom stereocenters. The lowest BCUT2D eigenvalue weighted by atomic mass is 9.92. The van der Waals surface area contributed by atoms with E-state index in [1.165, 1.54) is 82.4 Å². The highest BCUT2D eigenvalue weighted by Crippen LogP contribution is 2.49. The quantitative estimate of drug-likeness (QED) is 0.0890. The number of benzene rings is 11. The minimum Gasteiger partial charge on any atom is -0.310 e. The van der Waals surface area contributed by atoms with Gasteiger partial charge in [-0.05, 0) is 172 Å². The van der Waals surface area contributed by atoms with Gasteiger partial charge in [0.15, 0.2) is 0 Å². The van der Waals surface area contributed by atoms with Crippen LogP contribution in [0.1, 0.15) is 40.3 Å². The minimum atomic E-state index is 1.07. The average Bonchev–Trinajstić information content (AvgIpc) is 3.43. The zero-order valence-corrected chi connectivity index (χ0v) is 42.3. The second kappa shape index (κ2) is 20.0. The van der Waals surface area contributed by atoms with Crippen LogP contribution < -0.4 is 9.80 Å². The smallest absolute Gasteiger partial charge is 0.0546 e. The van der Waals surface area contributed by atoms with Gasteiger partial charge in [-0.25, -0.2) is 0 Å². The summed E-state index contributed by atoms with van der Waals surface area (Å²) in [6, 6.07) is 84.5. The summed E-state index contributed by atoms with van der Waals surface area (Å²) in [5.41, 5.74) is 20.9. The van der Waals surface area contributed by atoms with E-state index in [0.717, 1.165) is 50.8 Å². The van der Waals surface area contributed by atoms with Gasteiger partial charge < -0.3 is 9.80 Å². The van der Waals surface area contributed by atoms with Crippen molar-refractivity contribution in [3.8, 4) is 22.3 Å². The molecule has 0 saturated heterocycles. The van der Waals surface area contributed by atoms with Crippen LogP contribution in [0.2, 0.25) is 0 Å². The molecule has 0 bridgehead atoms. The third-order valence-corrected chi connectivity index (χ3v) is 14.3. The Hall–Kier alpha value is -8.98. The summed E-state index contributed by atoms with van der Waals surface area (Å²) in [5.74, 6) is 0. The van der Waals surface area contributed by atoms with Crippen molar-refractivity contribution in [1.29, 1.82) is 0 Å². The Balaban J connectivity index is 1.08. The molecule has 2 heteroatoms. The Morgan fingerprint density at radius 2 is 0.767 bits per heavy atom. The summed E-state index contributed by atoms with van der Waals surface area (Å²) < 4.78 is 0. The summed E-state index contributed by atoms with van der Waals surface area (Å²) in [6.45, 7) is 15.2. The lowest BCUT2D eigenvalue weighted by Gasteiger charge is -2.31. The highest BCUT2D eigenvalue weighted by molar-refractivity contribution is 6.24. The predicted octanol–water partition coefficient (Wildman–Crippen LogP) is 20.3. The maximum absolute atomic E-state index is 4.26. The van der Waals surface area contributed by atoms with Gasteiger partial charge in [0, 0.05) is 33.5 Å². The third-order valence-electron chi connectivity index (χ3n) is 14.3. The molecule has 0 saturated carbocycles. The molecule has 0 spiro atoms. The van der Waals surface area contributed by atoms with Crippen LogP contribution in [0.25, 0.3) is 65.7 Å². The topological polar surface area (TPSA) is 6.48 Å². The Labute approximate surface area is 430 Å². The van der Waals surface area contributed by atoms with Crippen LogP contribution >= 0.6 is 0 Å². The Morgan fingerprint density at radius 3 is 1.25 bits per heavy atom. The number of anilines is 6. The van der Waals surface area contributed by atoms with Gasteiger partial charge in [-0.2, -0.15) is 0 Å². The van der Waals surface area contributed by atoms with E-state index >= 15 is 0 Å². The molecule has 0 heterocycles. The van der Waals surface area contributed by atoms with E-state index in [0.29, 0.717) is 0 Å². The first-order valence-corrected chi connectivity index (χ1v) is 25.3. The molecule has 0 amide bonds. The highest BCUT2D eigenvalue weighted by atomic mass is 15.2. The van der Waals surface area contributed by atoms with Gasteiger partial charge in [0.2, 0.25) is 0 Å². The van der Waals surface area contributed by atoms with Crippen LogP contribution in [-0.4, -0.2) is 0 Å². The molecule has 0 fully saturated rings. The zero-order chi connectivity index (χ0) is 50.0. The average molecular weight is 939 g/mol. The summed E-state index contributed by atoms with van der Waals surface area (Å²) >= 11 is 0. The summed E-state index contributed by atoms with van der Waals surface area (Å²) in [4.78, 5) is 4.93. The van der Waals surface area contributed by atoms with Crippen LogP contribution in [0, 0.1) is 27.7 Å². The fourth-order valence-corrected chi connectivity index (χ4v) is 10.7.